The van der Waals surface area contributed by atoms with Crippen molar-refractivity contribution in [1.82, 2.24) is 15.3 Å². The predicted octanol–water partition coefficient (Wildman–Crippen LogP) is 5.70. The highest BCUT2D eigenvalue weighted by Gasteiger charge is 2.31. The third-order valence-corrected chi connectivity index (χ3v) is 5.52. The minimum Gasteiger partial charge on any atom is -0.463 e. The fraction of sp³-hybridized carbons (Fsp3) is 0.280. The molecule has 2 aromatic heterocycles. The van der Waals surface area contributed by atoms with E-state index in [0.717, 1.165) is 44.5 Å². The average molecular weight is 431 g/mol. The van der Waals surface area contributed by atoms with Crippen LogP contribution < -0.4 is 0 Å². The molecule has 4 aromatic rings. The van der Waals surface area contributed by atoms with E-state index in [0.29, 0.717) is 17.1 Å². The molecule has 0 fully saturated rings. The number of ether oxygens (including phenoxy) is 1. The summed E-state index contributed by atoms with van der Waals surface area (Å²) in [5, 5.41) is 8.41. The van der Waals surface area contributed by atoms with Gasteiger partial charge in [0.15, 0.2) is 0 Å². The quantitative estimate of drug-likeness (QED) is 0.383. The average Bonchev–Trinajstić information content (AvgIpc) is 3.33. The number of esters is 1. The van der Waals surface area contributed by atoms with Gasteiger partial charge in [0, 0.05) is 11.1 Å². The van der Waals surface area contributed by atoms with Crippen molar-refractivity contribution in [1.29, 1.82) is 0 Å². The molecule has 0 radical (unpaired) electrons. The van der Waals surface area contributed by atoms with E-state index in [2.05, 4.69) is 39.6 Å². The molecule has 0 unspecified atom stereocenters. The van der Waals surface area contributed by atoms with E-state index in [-0.39, 0.29) is 11.7 Å². The predicted molar refractivity (Wildman–Crippen MR) is 120 cm³/mol. The van der Waals surface area contributed by atoms with Gasteiger partial charge in [-0.1, -0.05) is 45.7 Å². The molecule has 2 heterocycles. The van der Waals surface area contributed by atoms with Gasteiger partial charge in [-0.25, -0.2) is 4.79 Å². The molecule has 0 saturated heterocycles. The summed E-state index contributed by atoms with van der Waals surface area (Å²) in [5.41, 5.74) is 8.91. The van der Waals surface area contributed by atoms with E-state index in [1.54, 1.807) is 0 Å². The van der Waals surface area contributed by atoms with Crippen molar-refractivity contribution in [3.8, 4) is 34.1 Å². The molecule has 0 aliphatic carbocycles. The summed E-state index contributed by atoms with van der Waals surface area (Å²) in [6.07, 6.45) is 0. The molecule has 32 heavy (non-hydrogen) atoms. The van der Waals surface area contributed by atoms with Gasteiger partial charge in [0.05, 0.1) is 7.11 Å². The number of benzene rings is 2. The van der Waals surface area contributed by atoms with Crippen LogP contribution in [0.2, 0.25) is 0 Å². The highest BCUT2D eigenvalue weighted by molar-refractivity contribution is 5.98. The lowest BCUT2D eigenvalue weighted by molar-refractivity contribution is 0.0555. The number of aromatic nitrogens is 3. The van der Waals surface area contributed by atoms with E-state index >= 15 is 0 Å². The first-order valence-electron chi connectivity index (χ1n) is 10.3. The molecule has 7 heteroatoms. The van der Waals surface area contributed by atoms with Crippen molar-refractivity contribution < 1.29 is 18.6 Å². The maximum Gasteiger partial charge on any atom is 0.377 e. The van der Waals surface area contributed by atoms with Crippen molar-refractivity contribution in [3.63, 3.8) is 0 Å². The second-order valence-electron chi connectivity index (χ2n) is 8.20. The molecule has 0 N–H and O–H groups in total. The summed E-state index contributed by atoms with van der Waals surface area (Å²) < 4.78 is 16.0. The number of hydrogen-bond acceptors (Lipinski definition) is 7. The molecule has 0 spiro atoms. The normalized spacial score (nSPS) is 11.1. The Morgan fingerprint density at radius 1 is 0.750 bits per heavy atom. The maximum atomic E-state index is 12.5. The van der Waals surface area contributed by atoms with E-state index in [9.17, 15) is 4.79 Å². The minimum absolute atomic E-state index is 0.0746. The van der Waals surface area contributed by atoms with Crippen LogP contribution in [-0.4, -0.2) is 28.4 Å². The van der Waals surface area contributed by atoms with Crippen molar-refractivity contribution in [2.45, 2.75) is 41.5 Å². The summed E-state index contributed by atoms with van der Waals surface area (Å²) in [4.78, 5) is 17.1. The van der Waals surface area contributed by atoms with Gasteiger partial charge in [-0.3, -0.25) is 0 Å². The second kappa shape index (κ2) is 8.07. The van der Waals surface area contributed by atoms with Gasteiger partial charge in [0.2, 0.25) is 5.82 Å². The van der Waals surface area contributed by atoms with E-state index < -0.39 is 5.97 Å². The number of aryl methyl sites for hydroxylation is 6. The molecule has 2 aromatic carbocycles. The van der Waals surface area contributed by atoms with Crippen LogP contribution in [0.3, 0.4) is 0 Å². The van der Waals surface area contributed by atoms with Crippen LogP contribution in [0.25, 0.3) is 34.1 Å². The molecule has 0 atom stereocenters. The zero-order valence-electron chi connectivity index (χ0n) is 19.3. The topological polar surface area (TPSA) is 91.2 Å². The Kier molecular flexibility index (Phi) is 5.42. The van der Waals surface area contributed by atoms with Crippen LogP contribution in [0.4, 0.5) is 0 Å². The lowest BCUT2D eigenvalue weighted by Crippen LogP contribution is -2.02. The van der Waals surface area contributed by atoms with E-state index in [1.807, 2.05) is 41.5 Å². The maximum absolute atomic E-state index is 12.5. The van der Waals surface area contributed by atoms with Crippen LogP contribution in [0.1, 0.15) is 43.9 Å². The first-order valence-corrected chi connectivity index (χ1v) is 10.3. The first-order chi connectivity index (χ1) is 15.2. The summed E-state index contributed by atoms with van der Waals surface area (Å²) in [6.45, 7) is 12.1. The lowest BCUT2D eigenvalue weighted by atomic mass is 9.94. The Labute approximate surface area is 186 Å². The van der Waals surface area contributed by atoms with Crippen LogP contribution in [0.15, 0.2) is 33.3 Å². The molecular weight excluding hydrogens is 406 g/mol. The third kappa shape index (κ3) is 3.60. The molecule has 7 nitrogen and oxygen atoms in total. The fourth-order valence-corrected chi connectivity index (χ4v) is 4.40. The highest BCUT2D eigenvalue weighted by atomic mass is 16.6. The highest BCUT2D eigenvalue weighted by Crippen LogP contribution is 2.39. The van der Waals surface area contributed by atoms with Crippen LogP contribution in [0, 0.1) is 41.5 Å². The van der Waals surface area contributed by atoms with Gasteiger partial charge in [0.1, 0.15) is 11.3 Å². The largest absolute Gasteiger partial charge is 0.463 e. The number of methoxy groups -OCH3 is 1. The summed E-state index contributed by atoms with van der Waals surface area (Å²) in [5.74, 6) is -0.149. The van der Waals surface area contributed by atoms with Crippen molar-refractivity contribution in [3.05, 3.63) is 63.4 Å². The molecular formula is C25H25N3O4. The van der Waals surface area contributed by atoms with Gasteiger partial charge >= 0.3 is 5.97 Å². The van der Waals surface area contributed by atoms with Crippen molar-refractivity contribution in [2.24, 2.45) is 0 Å². The Morgan fingerprint density at radius 3 is 1.81 bits per heavy atom. The Morgan fingerprint density at radius 2 is 1.28 bits per heavy atom. The summed E-state index contributed by atoms with van der Waals surface area (Å²) in [7, 11) is 1.29. The number of nitrogens with zero attached hydrogens (tertiary/aromatic N) is 3. The van der Waals surface area contributed by atoms with Gasteiger partial charge in [0.25, 0.3) is 11.7 Å². The van der Waals surface area contributed by atoms with Gasteiger partial charge < -0.3 is 13.8 Å². The van der Waals surface area contributed by atoms with Gasteiger partial charge in [-0.15, -0.1) is 0 Å². The van der Waals surface area contributed by atoms with E-state index in [1.165, 1.54) is 7.11 Å². The SMILES string of the molecule is COC(=O)c1onc(-c2c(C)cc(C)cc2C)c1-c1nc(-c2c(C)cc(C)cc2C)no1. The molecule has 0 saturated carbocycles. The third-order valence-electron chi connectivity index (χ3n) is 5.52. The number of carbonyl (C=O) groups is 1. The molecule has 164 valence electrons. The molecule has 4 rings (SSSR count). The smallest absolute Gasteiger partial charge is 0.377 e. The number of rotatable bonds is 4. The molecule has 0 amide bonds. The lowest BCUT2D eigenvalue weighted by Gasteiger charge is -2.09. The van der Waals surface area contributed by atoms with Crippen LogP contribution >= 0.6 is 0 Å². The fourth-order valence-electron chi connectivity index (χ4n) is 4.40. The number of carbonyl (C=O) groups excluding carboxylic acids is 1. The monoisotopic (exact) mass is 431 g/mol. The summed E-state index contributed by atoms with van der Waals surface area (Å²) in [6, 6.07) is 8.25. The standard InChI is InChI=1S/C25H25N3O4/c1-12-8-14(3)18(15(4)9-12)21-20(22(31-27-21)25(29)30-7)24-26-23(28-32-24)19-16(5)10-13(2)11-17(19)6/h8-11H,1-7H3. The zero-order valence-corrected chi connectivity index (χ0v) is 19.3. The van der Waals surface area contributed by atoms with Gasteiger partial charge in [-0.05, 0) is 63.8 Å². The van der Waals surface area contributed by atoms with Gasteiger partial charge in [-0.2, -0.15) is 4.98 Å². The molecule has 0 bridgehead atoms. The van der Waals surface area contributed by atoms with Crippen molar-refractivity contribution in [2.75, 3.05) is 7.11 Å². The number of hydrogen-bond donors (Lipinski definition) is 0. The molecule has 0 aliphatic heterocycles. The Bertz CT molecular complexity index is 1300. The van der Waals surface area contributed by atoms with Crippen molar-refractivity contribution >= 4 is 5.97 Å². The van der Waals surface area contributed by atoms with Crippen LogP contribution in [0.5, 0.6) is 0 Å². The second-order valence-corrected chi connectivity index (χ2v) is 8.20. The van der Waals surface area contributed by atoms with Crippen LogP contribution in [-0.2, 0) is 4.74 Å². The Balaban J connectivity index is 1.94. The zero-order chi connectivity index (χ0) is 23.2. The first kappa shape index (κ1) is 21.5. The minimum atomic E-state index is -0.663. The Hall–Kier alpha value is -3.74. The molecule has 0 aliphatic rings. The summed E-state index contributed by atoms with van der Waals surface area (Å²) >= 11 is 0. The van der Waals surface area contributed by atoms with E-state index in [4.69, 9.17) is 13.8 Å².